The molecule has 2 aromatic heterocycles. The number of rotatable bonds is 8. The molecule has 0 radical (unpaired) electrons. The zero-order valence-corrected chi connectivity index (χ0v) is 18.1. The molecule has 0 fully saturated rings. The van der Waals surface area contributed by atoms with Crippen molar-refractivity contribution in [1.29, 1.82) is 0 Å². The number of hydrogen-bond donors (Lipinski definition) is 0. The minimum absolute atomic E-state index is 0.105. The molecule has 0 unspecified atom stereocenters. The number of aromatic nitrogens is 1. The Kier molecular flexibility index (Phi) is 6.43. The molecule has 0 aliphatic rings. The van der Waals surface area contributed by atoms with Crippen LogP contribution in [0.15, 0.2) is 89.9 Å². The molecule has 31 heavy (non-hydrogen) atoms. The average Bonchev–Trinajstić information content (AvgIpc) is 3.19. The second kappa shape index (κ2) is 9.58. The lowest BCUT2D eigenvalue weighted by molar-refractivity contribution is 0.0986. The van der Waals surface area contributed by atoms with Crippen molar-refractivity contribution in [2.24, 2.45) is 0 Å². The Hall–Kier alpha value is -3.44. The van der Waals surface area contributed by atoms with Crippen molar-refractivity contribution in [3.8, 4) is 10.8 Å². The van der Waals surface area contributed by atoms with E-state index in [0.29, 0.717) is 30.1 Å². The van der Waals surface area contributed by atoms with Crippen molar-refractivity contribution in [1.82, 2.24) is 4.57 Å². The van der Waals surface area contributed by atoms with Crippen molar-refractivity contribution >= 4 is 17.1 Å². The number of ether oxygens (including phenoxy) is 1. The van der Waals surface area contributed by atoms with E-state index in [9.17, 15) is 9.59 Å². The third-order valence-corrected chi connectivity index (χ3v) is 6.30. The van der Waals surface area contributed by atoms with E-state index >= 15 is 0 Å². The number of nitrogens with zero attached hydrogens (tertiary/aromatic N) is 1. The van der Waals surface area contributed by atoms with E-state index in [1.54, 1.807) is 16.8 Å². The molecule has 4 nitrogen and oxygen atoms in total. The number of benzene rings is 2. The van der Waals surface area contributed by atoms with Gasteiger partial charge in [0.1, 0.15) is 17.4 Å². The fourth-order valence-corrected chi connectivity index (χ4v) is 4.48. The van der Waals surface area contributed by atoms with Crippen LogP contribution in [0.4, 0.5) is 0 Å². The Morgan fingerprint density at radius 2 is 1.61 bits per heavy atom. The van der Waals surface area contributed by atoms with Gasteiger partial charge in [0.2, 0.25) is 0 Å². The zero-order chi connectivity index (χ0) is 21.6. The van der Waals surface area contributed by atoms with Gasteiger partial charge in [0.25, 0.3) is 5.56 Å². The van der Waals surface area contributed by atoms with E-state index in [1.165, 1.54) is 17.4 Å². The summed E-state index contributed by atoms with van der Waals surface area (Å²) in [6.45, 7) is 2.32. The van der Waals surface area contributed by atoms with Crippen LogP contribution in [0.2, 0.25) is 0 Å². The van der Waals surface area contributed by atoms with Gasteiger partial charge in [0, 0.05) is 18.7 Å². The minimum atomic E-state index is -0.185. The standard InChI is InChI=1S/C26H23NO3S/c1-19-16-25(31-26(19)23(28)13-12-20-8-4-2-5-9-20)27-15-14-22(17-24(27)29)30-18-21-10-6-3-7-11-21/h2-11,14-17H,12-13,18H2,1H3. The van der Waals surface area contributed by atoms with Crippen LogP contribution in [0.5, 0.6) is 5.75 Å². The summed E-state index contributed by atoms with van der Waals surface area (Å²) in [5.74, 6) is 0.631. The lowest BCUT2D eigenvalue weighted by atomic mass is 10.1. The van der Waals surface area contributed by atoms with Crippen LogP contribution >= 0.6 is 11.3 Å². The smallest absolute Gasteiger partial charge is 0.259 e. The number of carbonyl (C=O) groups excluding carboxylic acids is 1. The number of pyridine rings is 1. The molecule has 0 saturated heterocycles. The quantitative estimate of drug-likeness (QED) is 0.343. The van der Waals surface area contributed by atoms with Gasteiger partial charge >= 0.3 is 0 Å². The molecule has 0 atom stereocenters. The molecule has 0 aliphatic carbocycles. The predicted molar refractivity (Wildman–Crippen MR) is 125 cm³/mol. The molecule has 0 spiro atoms. The van der Waals surface area contributed by atoms with Crippen molar-refractivity contribution in [2.75, 3.05) is 0 Å². The van der Waals surface area contributed by atoms with Gasteiger partial charge in [-0.2, -0.15) is 0 Å². The summed E-state index contributed by atoms with van der Waals surface area (Å²) in [7, 11) is 0. The first-order chi connectivity index (χ1) is 15.1. The van der Waals surface area contributed by atoms with Crippen LogP contribution in [0.3, 0.4) is 0 Å². The highest BCUT2D eigenvalue weighted by Gasteiger charge is 2.15. The van der Waals surface area contributed by atoms with E-state index in [0.717, 1.165) is 21.7 Å². The van der Waals surface area contributed by atoms with Gasteiger partial charge in [0.05, 0.1) is 4.88 Å². The topological polar surface area (TPSA) is 48.3 Å². The molecule has 2 aromatic carbocycles. The number of thiophene rings is 1. The molecule has 156 valence electrons. The Morgan fingerprint density at radius 1 is 0.935 bits per heavy atom. The molecule has 0 amide bonds. The van der Waals surface area contributed by atoms with Crippen LogP contribution in [0.1, 0.15) is 32.8 Å². The third-order valence-electron chi connectivity index (χ3n) is 5.02. The second-order valence-corrected chi connectivity index (χ2v) is 8.38. The average molecular weight is 430 g/mol. The zero-order valence-electron chi connectivity index (χ0n) is 17.3. The van der Waals surface area contributed by atoms with E-state index in [4.69, 9.17) is 4.74 Å². The highest BCUT2D eigenvalue weighted by atomic mass is 32.1. The first-order valence-electron chi connectivity index (χ1n) is 10.2. The maximum atomic E-state index is 12.7. The van der Waals surface area contributed by atoms with Crippen LogP contribution < -0.4 is 10.3 Å². The van der Waals surface area contributed by atoms with Gasteiger partial charge in [-0.3, -0.25) is 14.2 Å². The third kappa shape index (κ3) is 5.19. The van der Waals surface area contributed by atoms with Gasteiger partial charge in [-0.1, -0.05) is 60.7 Å². The summed E-state index contributed by atoms with van der Waals surface area (Å²) < 4.78 is 7.30. The van der Waals surface area contributed by atoms with E-state index in [-0.39, 0.29) is 11.3 Å². The largest absolute Gasteiger partial charge is 0.489 e. The Morgan fingerprint density at radius 3 is 2.29 bits per heavy atom. The molecule has 0 aliphatic heterocycles. The Balaban J connectivity index is 1.46. The summed E-state index contributed by atoms with van der Waals surface area (Å²) in [6, 6.07) is 25.0. The van der Waals surface area contributed by atoms with E-state index in [2.05, 4.69) is 0 Å². The summed E-state index contributed by atoms with van der Waals surface area (Å²) in [5, 5.41) is 0.736. The summed E-state index contributed by atoms with van der Waals surface area (Å²) >= 11 is 1.36. The molecule has 4 aromatic rings. The van der Waals surface area contributed by atoms with Crippen LogP contribution in [-0.4, -0.2) is 10.4 Å². The maximum absolute atomic E-state index is 12.7. The molecule has 2 heterocycles. The first-order valence-corrected chi connectivity index (χ1v) is 11.0. The fraction of sp³-hybridized carbons (Fsp3) is 0.154. The summed E-state index contributed by atoms with van der Waals surface area (Å²) in [4.78, 5) is 26.1. The Labute approximate surface area is 185 Å². The van der Waals surface area contributed by atoms with Crippen LogP contribution in [-0.2, 0) is 13.0 Å². The van der Waals surface area contributed by atoms with Crippen molar-refractivity contribution in [2.45, 2.75) is 26.4 Å². The first kappa shape index (κ1) is 20.8. The van der Waals surface area contributed by atoms with Crippen molar-refractivity contribution in [3.05, 3.63) is 117 Å². The highest BCUT2D eigenvalue weighted by molar-refractivity contribution is 7.16. The highest BCUT2D eigenvalue weighted by Crippen LogP contribution is 2.26. The molecule has 0 saturated carbocycles. The van der Waals surface area contributed by atoms with Gasteiger partial charge in [-0.05, 0) is 42.2 Å². The molecular formula is C26H23NO3S. The SMILES string of the molecule is Cc1cc(-n2ccc(OCc3ccccc3)cc2=O)sc1C(=O)CCc1ccccc1. The number of hydrogen-bond acceptors (Lipinski definition) is 4. The van der Waals surface area contributed by atoms with Crippen molar-refractivity contribution in [3.63, 3.8) is 0 Å². The van der Waals surface area contributed by atoms with Gasteiger partial charge in [0.15, 0.2) is 5.78 Å². The van der Waals surface area contributed by atoms with Gasteiger partial charge in [-0.15, -0.1) is 11.3 Å². The van der Waals surface area contributed by atoms with Crippen molar-refractivity contribution < 1.29 is 9.53 Å². The van der Waals surface area contributed by atoms with Crippen LogP contribution in [0, 0.1) is 6.92 Å². The van der Waals surface area contributed by atoms with Gasteiger partial charge < -0.3 is 4.74 Å². The van der Waals surface area contributed by atoms with E-state index < -0.39 is 0 Å². The monoisotopic (exact) mass is 429 g/mol. The molecule has 4 rings (SSSR count). The lowest BCUT2D eigenvalue weighted by Crippen LogP contribution is -2.15. The number of aryl methyl sites for hydroxylation is 2. The molecular weight excluding hydrogens is 406 g/mol. The minimum Gasteiger partial charge on any atom is -0.489 e. The normalized spacial score (nSPS) is 10.7. The molecule has 5 heteroatoms. The van der Waals surface area contributed by atoms with Gasteiger partial charge in [-0.25, -0.2) is 0 Å². The molecule has 0 bridgehead atoms. The summed E-state index contributed by atoms with van der Waals surface area (Å²) in [5.41, 5.74) is 2.90. The number of Topliss-reactive ketones (excluding diaryl/α,β-unsaturated/α-hetero) is 1. The summed E-state index contributed by atoms with van der Waals surface area (Å²) in [6.07, 6.45) is 2.86. The van der Waals surface area contributed by atoms with Crippen LogP contribution in [0.25, 0.3) is 5.00 Å². The second-order valence-electron chi connectivity index (χ2n) is 7.35. The Bertz CT molecular complexity index is 1230. The number of carbonyl (C=O) groups is 1. The lowest BCUT2D eigenvalue weighted by Gasteiger charge is -2.07. The molecule has 0 N–H and O–H groups in total. The fourth-order valence-electron chi connectivity index (χ4n) is 3.35. The van der Waals surface area contributed by atoms with E-state index in [1.807, 2.05) is 73.7 Å². The maximum Gasteiger partial charge on any atom is 0.259 e. The predicted octanol–water partition coefficient (Wildman–Crippen LogP) is 5.60. The number of ketones is 1.